The number of carbonyl (C=O) groups is 1. The standard InChI is InChI=1S/C15H20N4O/c1-12(2)17-15(20)11-16-10-13-8-9-19(18-13)14-6-4-3-5-7-14/h3-9,12,16H,10-11H2,1-2H3,(H,17,20). The molecular formula is C15H20N4O. The minimum atomic E-state index is 0.00231. The summed E-state index contributed by atoms with van der Waals surface area (Å²) >= 11 is 0. The van der Waals surface area contributed by atoms with E-state index in [1.807, 2.05) is 61.1 Å². The Morgan fingerprint density at radius 1 is 1.25 bits per heavy atom. The minimum absolute atomic E-state index is 0.00231. The molecule has 0 unspecified atom stereocenters. The largest absolute Gasteiger partial charge is 0.353 e. The summed E-state index contributed by atoms with van der Waals surface area (Å²) in [5.74, 6) is 0.00231. The van der Waals surface area contributed by atoms with Crippen molar-refractivity contribution in [2.75, 3.05) is 6.54 Å². The van der Waals surface area contributed by atoms with E-state index in [1.54, 1.807) is 0 Å². The molecule has 2 aromatic rings. The first-order chi connectivity index (χ1) is 9.65. The van der Waals surface area contributed by atoms with Crippen LogP contribution >= 0.6 is 0 Å². The van der Waals surface area contributed by atoms with Crippen LogP contribution < -0.4 is 10.6 Å². The van der Waals surface area contributed by atoms with Gasteiger partial charge in [-0.15, -0.1) is 0 Å². The van der Waals surface area contributed by atoms with Gasteiger partial charge in [0.05, 0.1) is 17.9 Å². The Morgan fingerprint density at radius 3 is 2.70 bits per heavy atom. The normalized spacial score (nSPS) is 10.8. The number of benzene rings is 1. The lowest BCUT2D eigenvalue weighted by Crippen LogP contribution is -2.37. The van der Waals surface area contributed by atoms with Crippen molar-refractivity contribution in [1.82, 2.24) is 20.4 Å². The van der Waals surface area contributed by atoms with Gasteiger partial charge in [0.2, 0.25) is 5.91 Å². The van der Waals surface area contributed by atoms with Crippen LogP contribution in [-0.2, 0) is 11.3 Å². The number of nitrogens with zero attached hydrogens (tertiary/aromatic N) is 2. The van der Waals surface area contributed by atoms with Gasteiger partial charge in [0.15, 0.2) is 0 Å². The van der Waals surface area contributed by atoms with Crippen molar-refractivity contribution >= 4 is 5.91 Å². The summed E-state index contributed by atoms with van der Waals surface area (Å²) in [6, 6.07) is 12.0. The van der Waals surface area contributed by atoms with E-state index in [9.17, 15) is 4.79 Å². The lowest BCUT2D eigenvalue weighted by molar-refractivity contribution is -0.120. The Morgan fingerprint density at radius 2 is 2.00 bits per heavy atom. The molecule has 0 bridgehead atoms. The van der Waals surface area contributed by atoms with Crippen LogP contribution in [0, 0.1) is 0 Å². The number of nitrogens with one attached hydrogen (secondary N) is 2. The SMILES string of the molecule is CC(C)NC(=O)CNCc1ccn(-c2ccccc2)n1. The summed E-state index contributed by atoms with van der Waals surface area (Å²) in [6.45, 7) is 4.76. The molecule has 106 valence electrons. The Labute approximate surface area is 119 Å². The molecule has 2 rings (SSSR count). The zero-order valence-electron chi connectivity index (χ0n) is 11.8. The summed E-state index contributed by atoms with van der Waals surface area (Å²) in [6.07, 6.45) is 1.92. The molecule has 0 aliphatic rings. The first-order valence-corrected chi connectivity index (χ1v) is 6.75. The van der Waals surface area contributed by atoms with Crippen LogP contribution in [0.25, 0.3) is 5.69 Å². The molecule has 0 aliphatic heterocycles. The lowest BCUT2D eigenvalue weighted by Gasteiger charge is -2.08. The summed E-state index contributed by atoms with van der Waals surface area (Å²) in [4.78, 5) is 11.5. The fourth-order valence-electron chi connectivity index (χ4n) is 1.86. The van der Waals surface area contributed by atoms with E-state index < -0.39 is 0 Å². The smallest absolute Gasteiger partial charge is 0.234 e. The number of hydrogen-bond donors (Lipinski definition) is 2. The second-order valence-corrected chi connectivity index (χ2v) is 4.91. The van der Waals surface area contributed by atoms with Crippen LogP contribution in [-0.4, -0.2) is 28.3 Å². The molecule has 5 nitrogen and oxygen atoms in total. The number of para-hydroxylation sites is 1. The van der Waals surface area contributed by atoms with Gasteiger partial charge in [0.1, 0.15) is 0 Å². The maximum absolute atomic E-state index is 11.5. The molecular weight excluding hydrogens is 252 g/mol. The Bertz CT molecular complexity index is 548. The second-order valence-electron chi connectivity index (χ2n) is 4.91. The Hall–Kier alpha value is -2.14. The van der Waals surface area contributed by atoms with Crippen LogP contribution in [0.4, 0.5) is 0 Å². The van der Waals surface area contributed by atoms with E-state index >= 15 is 0 Å². The van der Waals surface area contributed by atoms with Gasteiger partial charge in [-0.3, -0.25) is 4.79 Å². The highest BCUT2D eigenvalue weighted by Crippen LogP contribution is 2.06. The van der Waals surface area contributed by atoms with Crippen molar-refractivity contribution in [2.45, 2.75) is 26.4 Å². The van der Waals surface area contributed by atoms with Crippen LogP contribution in [0.3, 0.4) is 0 Å². The Kier molecular flexibility index (Phi) is 4.90. The highest BCUT2D eigenvalue weighted by Gasteiger charge is 2.04. The summed E-state index contributed by atoms with van der Waals surface area (Å²) < 4.78 is 1.82. The number of carbonyl (C=O) groups excluding carboxylic acids is 1. The van der Waals surface area contributed by atoms with E-state index in [1.165, 1.54) is 0 Å². The summed E-state index contributed by atoms with van der Waals surface area (Å²) in [7, 11) is 0. The van der Waals surface area contributed by atoms with Crippen molar-refractivity contribution in [2.24, 2.45) is 0 Å². The van der Waals surface area contributed by atoms with E-state index in [4.69, 9.17) is 0 Å². The predicted molar refractivity (Wildman–Crippen MR) is 78.5 cm³/mol. The molecule has 0 aliphatic carbocycles. The number of amides is 1. The molecule has 0 fully saturated rings. The molecule has 20 heavy (non-hydrogen) atoms. The van der Waals surface area contributed by atoms with Gasteiger partial charge < -0.3 is 10.6 Å². The molecule has 5 heteroatoms. The zero-order chi connectivity index (χ0) is 14.4. The average Bonchev–Trinajstić information content (AvgIpc) is 2.88. The molecule has 2 N–H and O–H groups in total. The monoisotopic (exact) mass is 272 g/mol. The van der Waals surface area contributed by atoms with Gasteiger partial charge in [-0.25, -0.2) is 4.68 Å². The first-order valence-electron chi connectivity index (χ1n) is 6.75. The van der Waals surface area contributed by atoms with Crippen molar-refractivity contribution in [3.05, 3.63) is 48.3 Å². The fraction of sp³-hybridized carbons (Fsp3) is 0.333. The highest BCUT2D eigenvalue weighted by molar-refractivity contribution is 5.78. The molecule has 0 saturated carbocycles. The van der Waals surface area contributed by atoms with Crippen molar-refractivity contribution in [3.63, 3.8) is 0 Å². The van der Waals surface area contributed by atoms with E-state index in [-0.39, 0.29) is 11.9 Å². The van der Waals surface area contributed by atoms with Crippen LogP contribution in [0.5, 0.6) is 0 Å². The maximum atomic E-state index is 11.5. The van der Waals surface area contributed by atoms with E-state index in [0.29, 0.717) is 13.1 Å². The summed E-state index contributed by atoms with van der Waals surface area (Å²) in [5, 5.41) is 10.4. The molecule has 1 aromatic heterocycles. The number of hydrogen-bond acceptors (Lipinski definition) is 3. The molecule has 1 aromatic carbocycles. The topological polar surface area (TPSA) is 59.0 Å². The van der Waals surface area contributed by atoms with Gasteiger partial charge in [0.25, 0.3) is 0 Å². The molecule has 0 radical (unpaired) electrons. The maximum Gasteiger partial charge on any atom is 0.234 e. The Balaban J connectivity index is 1.83. The van der Waals surface area contributed by atoms with Crippen molar-refractivity contribution < 1.29 is 4.79 Å². The van der Waals surface area contributed by atoms with Crippen LogP contribution in [0.15, 0.2) is 42.6 Å². The summed E-state index contributed by atoms with van der Waals surface area (Å²) in [5.41, 5.74) is 1.93. The third-order valence-corrected chi connectivity index (χ3v) is 2.71. The molecule has 0 spiro atoms. The zero-order valence-corrected chi connectivity index (χ0v) is 11.8. The van der Waals surface area contributed by atoms with Gasteiger partial charge >= 0.3 is 0 Å². The lowest BCUT2D eigenvalue weighted by atomic mass is 10.3. The fourth-order valence-corrected chi connectivity index (χ4v) is 1.86. The van der Waals surface area contributed by atoms with Gasteiger partial charge in [-0.05, 0) is 32.0 Å². The van der Waals surface area contributed by atoms with Gasteiger partial charge in [0, 0.05) is 18.8 Å². The second kappa shape index (κ2) is 6.86. The number of aromatic nitrogens is 2. The van der Waals surface area contributed by atoms with Gasteiger partial charge in [-0.1, -0.05) is 18.2 Å². The van der Waals surface area contributed by atoms with Crippen molar-refractivity contribution in [1.29, 1.82) is 0 Å². The first kappa shape index (κ1) is 14.3. The van der Waals surface area contributed by atoms with E-state index in [2.05, 4.69) is 15.7 Å². The van der Waals surface area contributed by atoms with Gasteiger partial charge in [-0.2, -0.15) is 5.10 Å². The molecule has 1 amide bonds. The molecule has 0 atom stereocenters. The number of rotatable bonds is 6. The van der Waals surface area contributed by atoms with Crippen molar-refractivity contribution in [3.8, 4) is 5.69 Å². The van der Waals surface area contributed by atoms with Crippen LogP contribution in [0.2, 0.25) is 0 Å². The third kappa shape index (κ3) is 4.20. The predicted octanol–water partition coefficient (Wildman–Crippen LogP) is 1.49. The quantitative estimate of drug-likeness (QED) is 0.837. The van der Waals surface area contributed by atoms with Crippen LogP contribution in [0.1, 0.15) is 19.5 Å². The minimum Gasteiger partial charge on any atom is -0.353 e. The van der Waals surface area contributed by atoms with E-state index in [0.717, 1.165) is 11.4 Å². The molecule has 0 saturated heterocycles. The highest BCUT2D eigenvalue weighted by atomic mass is 16.1. The third-order valence-electron chi connectivity index (χ3n) is 2.71. The molecule has 1 heterocycles. The average molecular weight is 272 g/mol.